The van der Waals surface area contributed by atoms with E-state index in [4.69, 9.17) is 5.11 Å². The fourth-order valence-corrected chi connectivity index (χ4v) is 2.79. The molecule has 1 aliphatic heterocycles. The van der Waals surface area contributed by atoms with Crippen LogP contribution >= 0.6 is 0 Å². The van der Waals surface area contributed by atoms with Crippen LogP contribution in [0.3, 0.4) is 0 Å². The molecule has 112 valence electrons. The molecule has 1 rings (SSSR count). The van der Waals surface area contributed by atoms with Crippen molar-refractivity contribution in [1.82, 2.24) is 9.80 Å². The van der Waals surface area contributed by atoms with Crippen molar-refractivity contribution in [2.24, 2.45) is 0 Å². The smallest absolute Gasteiger partial charge is 0.304 e. The van der Waals surface area contributed by atoms with Crippen molar-refractivity contribution in [3.05, 3.63) is 0 Å². The molecule has 0 aliphatic carbocycles. The SMILES string of the molecule is CCCCCCCC(CC(=O)O)N1CCN(C)CC1. The lowest BCUT2D eigenvalue weighted by atomic mass is 10.0. The van der Waals surface area contributed by atoms with Crippen LogP contribution in [-0.2, 0) is 4.79 Å². The Bertz CT molecular complexity index is 251. The number of nitrogens with zero attached hydrogens (tertiary/aromatic N) is 2. The highest BCUT2D eigenvalue weighted by molar-refractivity contribution is 5.67. The van der Waals surface area contributed by atoms with Gasteiger partial charge in [-0.3, -0.25) is 9.69 Å². The van der Waals surface area contributed by atoms with Crippen LogP contribution in [-0.4, -0.2) is 60.1 Å². The van der Waals surface area contributed by atoms with Crippen LogP contribution in [0.5, 0.6) is 0 Å². The number of piperazine rings is 1. The van der Waals surface area contributed by atoms with Crippen LogP contribution in [0.2, 0.25) is 0 Å². The van der Waals surface area contributed by atoms with Gasteiger partial charge in [0.2, 0.25) is 0 Å². The number of aliphatic carboxylic acids is 1. The molecule has 1 atom stereocenters. The summed E-state index contributed by atoms with van der Waals surface area (Å²) in [5.74, 6) is -0.655. The molecule has 0 aromatic heterocycles. The van der Waals surface area contributed by atoms with E-state index >= 15 is 0 Å². The summed E-state index contributed by atoms with van der Waals surface area (Å²) in [7, 11) is 2.13. The zero-order valence-corrected chi connectivity index (χ0v) is 12.6. The largest absolute Gasteiger partial charge is 0.481 e. The van der Waals surface area contributed by atoms with Crippen LogP contribution in [0.15, 0.2) is 0 Å². The molecular weight excluding hydrogens is 240 g/mol. The normalized spacial score (nSPS) is 19.5. The molecule has 1 unspecified atom stereocenters. The third-order valence-electron chi connectivity index (χ3n) is 4.11. The minimum absolute atomic E-state index is 0.243. The van der Waals surface area contributed by atoms with Crippen molar-refractivity contribution in [2.75, 3.05) is 33.2 Å². The number of hydrogen-bond acceptors (Lipinski definition) is 3. The predicted octanol–water partition coefficient (Wildman–Crippen LogP) is 2.44. The van der Waals surface area contributed by atoms with Gasteiger partial charge in [-0.15, -0.1) is 0 Å². The van der Waals surface area contributed by atoms with Gasteiger partial charge in [-0.25, -0.2) is 0 Å². The Labute approximate surface area is 117 Å². The number of rotatable bonds is 9. The fourth-order valence-electron chi connectivity index (χ4n) is 2.79. The Hall–Kier alpha value is -0.610. The van der Waals surface area contributed by atoms with Gasteiger partial charge < -0.3 is 10.0 Å². The second-order valence-corrected chi connectivity index (χ2v) is 5.79. The van der Waals surface area contributed by atoms with Gasteiger partial charge in [-0.2, -0.15) is 0 Å². The van der Waals surface area contributed by atoms with Crippen molar-refractivity contribution in [3.63, 3.8) is 0 Å². The predicted molar refractivity (Wildman–Crippen MR) is 78.5 cm³/mol. The van der Waals surface area contributed by atoms with Crippen molar-refractivity contribution < 1.29 is 9.90 Å². The summed E-state index contributed by atoms with van der Waals surface area (Å²) in [4.78, 5) is 15.7. The Kier molecular flexibility index (Phi) is 8.07. The zero-order valence-electron chi connectivity index (χ0n) is 12.6. The topological polar surface area (TPSA) is 43.8 Å². The molecule has 4 nitrogen and oxygen atoms in total. The Morgan fingerprint density at radius 3 is 2.32 bits per heavy atom. The maximum absolute atomic E-state index is 11.0. The lowest BCUT2D eigenvalue weighted by Gasteiger charge is -2.37. The molecular formula is C15H30N2O2. The molecule has 1 fully saturated rings. The molecule has 0 radical (unpaired) electrons. The molecule has 0 bridgehead atoms. The minimum atomic E-state index is -0.655. The summed E-state index contributed by atoms with van der Waals surface area (Å²) in [6.07, 6.45) is 7.62. The molecule has 1 saturated heterocycles. The first-order valence-electron chi connectivity index (χ1n) is 7.78. The summed E-state index contributed by atoms with van der Waals surface area (Å²) in [5.41, 5.74) is 0. The Morgan fingerprint density at radius 2 is 1.74 bits per heavy atom. The van der Waals surface area contributed by atoms with Crippen molar-refractivity contribution in [1.29, 1.82) is 0 Å². The number of carboxylic acid groups (broad SMARTS) is 1. The molecule has 0 saturated carbocycles. The van der Waals surface area contributed by atoms with Gasteiger partial charge >= 0.3 is 5.97 Å². The molecule has 0 spiro atoms. The maximum Gasteiger partial charge on any atom is 0.304 e. The van der Waals surface area contributed by atoms with E-state index in [1.165, 1.54) is 32.1 Å². The number of unbranched alkanes of at least 4 members (excludes halogenated alkanes) is 4. The molecule has 1 heterocycles. The first-order chi connectivity index (χ1) is 9.13. The van der Waals surface area contributed by atoms with Crippen LogP contribution in [0.1, 0.15) is 51.9 Å². The van der Waals surface area contributed by atoms with E-state index in [0.717, 1.165) is 32.6 Å². The molecule has 1 aliphatic rings. The van der Waals surface area contributed by atoms with Crippen LogP contribution in [0.25, 0.3) is 0 Å². The van der Waals surface area contributed by atoms with Crippen LogP contribution in [0, 0.1) is 0 Å². The standard InChI is InChI=1S/C15H30N2O2/c1-3-4-5-6-7-8-14(13-15(18)19)17-11-9-16(2)10-12-17/h14H,3-13H2,1-2H3,(H,18,19). The van der Waals surface area contributed by atoms with E-state index in [1.54, 1.807) is 0 Å². The fraction of sp³-hybridized carbons (Fsp3) is 0.933. The lowest BCUT2D eigenvalue weighted by molar-refractivity contribution is -0.138. The van der Waals surface area contributed by atoms with Gasteiger partial charge in [0, 0.05) is 32.2 Å². The third kappa shape index (κ3) is 6.92. The van der Waals surface area contributed by atoms with E-state index in [0.29, 0.717) is 6.42 Å². The second-order valence-electron chi connectivity index (χ2n) is 5.79. The highest BCUT2D eigenvalue weighted by atomic mass is 16.4. The number of carbonyl (C=O) groups is 1. The maximum atomic E-state index is 11.0. The van der Waals surface area contributed by atoms with E-state index in [9.17, 15) is 4.79 Å². The van der Waals surface area contributed by atoms with Gasteiger partial charge in [-0.05, 0) is 13.5 Å². The molecule has 1 N–H and O–H groups in total. The van der Waals surface area contributed by atoms with E-state index in [2.05, 4.69) is 23.8 Å². The summed E-state index contributed by atoms with van der Waals surface area (Å²) < 4.78 is 0. The summed E-state index contributed by atoms with van der Waals surface area (Å²) in [5, 5.41) is 9.07. The van der Waals surface area contributed by atoms with Gasteiger partial charge in [0.1, 0.15) is 0 Å². The molecule has 4 heteroatoms. The third-order valence-corrected chi connectivity index (χ3v) is 4.11. The highest BCUT2D eigenvalue weighted by Gasteiger charge is 2.23. The molecule has 0 aromatic rings. The van der Waals surface area contributed by atoms with Gasteiger partial charge in [0.05, 0.1) is 6.42 Å². The first kappa shape index (κ1) is 16.4. The first-order valence-corrected chi connectivity index (χ1v) is 7.78. The van der Waals surface area contributed by atoms with Gasteiger partial charge in [0.15, 0.2) is 0 Å². The average molecular weight is 270 g/mol. The highest BCUT2D eigenvalue weighted by Crippen LogP contribution is 2.16. The zero-order chi connectivity index (χ0) is 14.1. The average Bonchev–Trinajstić information content (AvgIpc) is 2.38. The van der Waals surface area contributed by atoms with E-state index in [-0.39, 0.29) is 6.04 Å². The van der Waals surface area contributed by atoms with Crippen LogP contribution < -0.4 is 0 Å². The van der Waals surface area contributed by atoms with Gasteiger partial charge in [0.25, 0.3) is 0 Å². The molecule has 19 heavy (non-hydrogen) atoms. The summed E-state index contributed by atoms with van der Waals surface area (Å²) >= 11 is 0. The summed E-state index contributed by atoms with van der Waals surface area (Å²) in [6.45, 7) is 6.38. The molecule has 0 amide bonds. The number of likely N-dealkylation sites (N-methyl/N-ethyl adjacent to an activating group) is 1. The number of hydrogen-bond donors (Lipinski definition) is 1. The second kappa shape index (κ2) is 9.32. The number of carboxylic acids is 1. The Balaban J connectivity index is 2.31. The Morgan fingerprint density at radius 1 is 1.11 bits per heavy atom. The van der Waals surface area contributed by atoms with Crippen LogP contribution in [0.4, 0.5) is 0 Å². The quantitative estimate of drug-likeness (QED) is 0.654. The summed E-state index contributed by atoms with van der Waals surface area (Å²) in [6, 6.07) is 0.243. The molecule has 0 aromatic carbocycles. The van der Waals surface area contributed by atoms with E-state index in [1.807, 2.05) is 0 Å². The van der Waals surface area contributed by atoms with E-state index < -0.39 is 5.97 Å². The van der Waals surface area contributed by atoms with Crippen molar-refractivity contribution in [2.45, 2.75) is 57.9 Å². The van der Waals surface area contributed by atoms with Gasteiger partial charge in [-0.1, -0.05) is 39.0 Å². The van der Waals surface area contributed by atoms with Crippen molar-refractivity contribution >= 4 is 5.97 Å². The van der Waals surface area contributed by atoms with Crippen molar-refractivity contribution in [3.8, 4) is 0 Å². The monoisotopic (exact) mass is 270 g/mol. The lowest BCUT2D eigenvalue weighted by Crippen LogP contribution is -2.49. The minimum Gasteiger partial charge on any atom is -0.481 e.